The Kier molecular flexibility index (Phi) is 16.6. The summed E-state index contributed by atoms with van der Waals surface area (Å²) in [6.07, 6.45) is 36.3. The molecule has 4 amide bonds. The van der Waals surface area contributed by atoms with Crippen molar-refractivity contribution in [2.75, 3.05) is 44.3 Å². The Labute approximate surface area is 426 Å². The van der Waals surface area contributed by atoms with Crippen LogP contribution in [-0.4, -0.2) is 120 Å². The zero-order chi connectivity index (χ0) is 51.3. The van der Waals surface area contributed by atoms with Gasteiger partial charge in [-0.05, 0) is 122 Å². The Hall–Kier alpha value is -5.55. The number of nitrogens with zero attached hydrogens (tertiary/aromatic N) is 4. The van der Waals surface area contributed by atoms with Gasteiger partial charge in [-0.2, -0.15) is 16.8 Å². The number of urea groups is 1. The summed E-state index contributed by atoms with van der Waals surface area (Å²) < 4.78 is 72.3. The summed E-state index contributed by atoms with van der Waals surface area (Å²) in [6.45, 7) is 10.2. The molecule has 3 aliphatic heterocycles. The number of carbonyl (C=O) groups excluding carboxylic acids is 3. The molecule has 386 valence electrons. The molecule has 1 saturated carbocycles. The van der Waals surface area contributed by atoms with Crippen LogP contribution in [0.15, 0.2) is 152 Å². The molecule has 4 atom stereocenters. The fourth-order valence-electron chi connectivity index (χ4n) is 11.3. The van der Waals surface area contributed by atoms with E-state index in [1.807, 2.05) is 38.2 Å². The van der Waals surface area contributed by atoms with E-state index < -0.39 is 38.1 Å². The third-order valence-electron chi connectivity index (χ3n) is 14.9. The number of allylic oxidation sites excluding steroid dienone is 18. The Morgan fingerprint density at radius 3 is 1.58 bits per heavy atom. The van der Waals surface area contributed by atoms with Crippen molar-refractivity contribution in [3.8, 4) is 0 Å². The maximum atomic E-state index is 14.9. The lowest BCUT2D eigenvalue weighted by molar-refractivity contribution is -0.136. The molecule has 5 aliphatic carbocycles. The summed E-state index contributed by atoms with van der Waals surface area (Å²) in [5.74, 6) is -1.06. The maximum Gasteiger partial charge on any atom is 0.333 e. The number of barbiturate groups is 1. The zero-order valence-electron chi connectivity index (χ0n) is 42.1. The second-order valence-corrected chi connectivity index (χ2v) is 22.9. The molecule has 72 heavy (non-hydrogen) atoms. The predicted molar refractivity (Wildman–Crippen MR) is 280 cm³/mol. The number of hydrogen-bond acceptors (Lipinski definition) is 10. The minimum Gasteiger partial charge on any atom is -0.493 e. The van der Waals surface area contributed by atoms with Gasteiger partial charge < -0.3 is 14.5 Å². The Morgan fingerprint density at radius 1 is 0.597 bits per heavy atom. The van der Waals surface area contributed by atoms with E-state index in [4.69, 9.17) is 4.74 Å². The highest BCUT2D eigenvalue weighted by Gasteiger charge is 2.47. The van der Waals surface area contributed by atoms with Crippen molar-refractivity contribution in [1.82, 2.24) is 19.6 Å². The van der Waals surface area contributed by atoms with Crippen LogP contribution in [0.3, 0.4) is 0 Å². The lowest BCUT2D eigenvalue weighted by Crippen LogP contribution is -2.57. The van der Waals surface area contributed by atoms with Crippen molar-refractivity contribution >= 4 is 38.1 Å². The van der Waals surface area contributed by atoms with E-state index in [-0.39, 0.29) is 66.9 Å². The number of ether oxygens (including phenoxy) is 1. The molecule has 4 unspecified atom stereocenters. The highest BCUT2D eigenvalue weighted by atomic mass is 32.2. The minimum atomic E-state index is -4.14. The third-order valence-corrected chi connectivity index (χ3v) is 16.5. The number of hydrogen-bond donors (Lipinski definition) is 2. The van der Waals surface area contributed by atoms with E-state index in [0.717, 1.165) is 70.7 Å². The van der Waals surface area contributed by atoms with Gasteiger partial charge in [0.15, 0.2) is 0 Å². The van der Waals surface area contributed by atoms with Gasteiger partial charge in [0, 0.05) is 55.0 Å². The van der Waals surface area contributed by atoms with Crippen molar-refractivity contribution in [1.29, 1.82) is 0 Å². The van der Waals surface area contributed by atoms with Crippen LogP contribution in [0, 0.1) is 11.8 Å². The number of imide groups is 2. The van der Waals surface area contributed by atoms with Crippen LogP contribution >= 0.6 is 0 Å². The van der Waals surface area contributed by atoms with Gasteiger partial charge in [-0.15, -0.1) is 0 Å². The van der Waals surface area contributed by atoms with E-state index >= 15 is 0 Å². The Balaban J connectivity index is 1.26. The number of unbranched alkanes of at least 4 members (excludes halogenated alkanes) is 5. The van der Waals surface area contributed by atoms with Gasteiger partial charge in [0.25, 0.3) is 32.1 Å². The molecule has 4 fully saturated rings. The number of likely N-dealkylation sites (tertiary alicyclic amines) is 2. The van der Waals surface area contributed by atoms with Crippen LogP contribution in [0.4, 0.5) is 4.79 Å². The predicted octanol–water partition coefficient (Wildman–Crippen LogP) is 9.54. The van der Waals surface area contributed by atoms with Crippen LogP contribution in [0.1, 0.15) is 105 Å². The van der Waals surface area contributed by atoms with Gasteiger partial charge in [-0.3, -0.25) is 28.5 Å². The Bertz CT molecular complexity index is 2830. The van der Waals surface area contributed by atoms with E-state index in [9.17, 15) is 40.3 Å². The SMILES string of the molecule is CCCCOC1=C2C=CC=C3/C(=C\C=C4/CC/C(=C/C=C5\C6=CC=CC7=C(C)C=CC(C67)N5CCCCS(=O)(=O)O)C4=C4C(=O)N(CCCC)C(=O)N(CCCC)C4=O)N(CCCCS(=O)(=O)O)C(C=C1)C32. The van der Waals surface area contributed by atoms with Gasteiger partial charge in [-0.25, -0.2) is 4.79 Å². The minimum absolute atomic E-state index is 0.0234. The highest BCUT2D eigenvalue weighted by molar-refractivity contribution is 7.86. The van der Waals surface area contributed by atoms with E-state index in [1.165, 1.54) is 20.9 Å². The molecule has 0 aromatic rings. The highest BCUT2D eigenvalue weighted by Crippen LogP contribution is 2.50. The molecule has 3 saturated heterocycles. The molecule has 0 aromatic heterocycles. The Morgan fingerprint density at radius 2 is 1.08 bits per heavy atom. The first-order valence-corrected chi connectivity index (χ1v) is 29.2. The number of rotatable bonds is 22. The number of amides is 4. The average molecular weight is 1020 g/mol. The molecule has 0 spiro atoms. The molecule has 0 radical (unpaired) electrons. The normalized spacial score (nSPS) is 26.0. The quantitative estimate of drug-likeness (QED) is 0.0454. The van der Waals surface area contributed by atoms with Crippen molar-refractivity contribution in [2.24, 2.45) is 11.8 Å². The van der Waals surface area contributed by atoms with Crippen molar-refractivity contribution in [3.63, 3.8) is 0 Å². The molecule has 8 aliphatic rings. The standard InChI is InChI=1S/C56H70N4O10S2/c1-5-8-31-59-54(61)53(55(62)60(56(59)63)32-9-6-2)50-39(24-27-45-42-18-15-17-41-38(4)21-26-47(51(41)42)57(45)33-11-13-36-71(64,65)66)22-23-40(50)25-28-46-43-19-16-20-44-49(70-35-10-7-3)30-29-48(52(43)44)58(46)34-12-14-37-72(67,68)69/h15-21,24-30,47-48,51-52H,5-14,22-23,31-37H2,1-4H3,(H,64,65,66)(H,67,68,69)/b39-24-,40-25+,45-27+,46-28+. The first-order valence-electron chi connectivity index (χ1n) is 26.0. The van der Waals surface area contributed by atoms with E-state index in [2.05, 4.69) is 84.4 Å². The molecule has 3 heterocycles. The first-order chi connectivity index (χ1) is 34.6. The smallest absolute Gasteiger partial charge is 0.333 e. The fraction of sp³-hybridized carbons (Fsp3) is 0.482. The zero-order valence-corrected chi connectivity index (χ0v) is 43.7. The molecule has 0 aromatic carbocycles. The van der Waals surface area contributed by atoms with E-state index in [1.54, 1.807) is 0 Å². The van der Waals surface area contributed by atoms with Crippen molar-refractivity contribution in [3.05, 3.63) is 152 Å². The summed E-state index contributed by atoms with van der Waals surface area (Å²) in [5, 5.41) is 0. The van der Waals surface area contributed by atoms with Crippen molar-refractivity contribution < 1.29 is 45.1 Å². The van der Waals surface area contributed by atoms with Crippen LogP contribution in [-0.2, 0) is 34.6 Å². The lowest BCUT2D eigenvalue weighted by Gasteiger charge is -2.35. The largest absolute Gasteiger partial charge is 0.493 e. The van der Waals surface area contributed by atoms with Gasteiger partial charge in [-0.1, -0.05) is 107 Å². The summed E-state index contributed by atoms with van der Waals surface area (Å²) in [7, 11) is -8.26. The summed E-state index contributed by atoms with van der Waals surface area (Å²) in [5.41, 5.74) is 9.54. The van der Waals surface area contributed by atoms with Gasteiger partial charge in [0.1, 0.15) is 11.3 Å². The summed E-state index contributed by atoms with van der Waals surface area (Å²) in [6, 6.07) is -0.711. The molecule has 0 bridgehead atoms. The molecular weight excluding hydrogens is 953 g/mol. The van der Waals surface area contributed by atoms with Crippen LogP contribution in [0.25, 0.3) is 0 Å². The number of carbonyl (C=O) groups is 3. The van der Waals surface area contributed by atoms with Crippen LogP contribution in [0.5, 0.6) is 0 Å². The molecule has 8 rings (SSSR count). The third kappa shape index (κ3) is 11.2. The fourth-order valence-corrected chi connectivity index (χ4v) is 12.5. The summed E-state index contributed by atoms with van der Waals surface area (Å²) in [4.78, 5) is 50.9. The van der Waals surface area contributed by atoms with Gasteiger partial charge >= 0.3 is 6.03 Å². The molecule has 14 nitrogen and oxygen atoms in total. The maximum absolute atomic E-state index is 14.9. The van der Waals surface area contributed by atoms with Gasteiger partial charge in [0.05, 0.1) is 30.2 Å². The lowest BCUT2D eigenvalue weighted by atomic mass is 9.78. The second-order valence-electron chi connectivity index (χ2n) is 19.8. The monoisotopic (exact) mass is 1020 g/mol. The second kappa shape index (κ2) is 22.7. The molecule has 16 heteroatoms. The van der Waals surface area contributed by atoms with Crippen molar-refractivity contribution in [2.45, 2.75) is 117 Å². The van der Waals surface area contributed by atoms with Gasteiger partial charge in [0.2, 0.25) is 0 Å². The topological polar surface area (TPSA) is 182 Å². The summed E-state index contributed by atoms with van der Waals surface area (Å²) >= 11 is 0. The van der Waals surface area contributed by atoms with Crippen LogP contribution < -0.4 is 0 Å². The van der Waals surface area contributed by atoms with E-state index in [0.29, 0.717) is 63.8 Å². The molecule has 2 N–H and O–H groups in total. The first kappa shape index (κ1) is 52.8. The van der Waals surface area contributed by atoms with Crippen LogP contribution in [0.2, 0.25) is 0 Å². The molecular formula is C56H70N4O10S2. The average Bonchev–Trinajstić information content (AvgIpc) is 3.98.